The summed E-state index contributed by atoms with van der Waals surface area (Å²) in [5.41, 5.74) is -2.17. The molecule has 3 N–H and O–H groups in total. The Kier molecular flexibility index (Phi) is 30.2. The van der Waals surface area contributed by atoms with Gasteiger partial charge in [0.25, 0.3) is 0 Å². The number of hydrogen-bond donors (Lipinski definition) is 3. The van der Waals surface area contributed by atoms with Crippen LogP contribution in [0.3, 0.4) is 0 Å². The Bertz CT molecular complexity index is 3140. The van der Waals surface area contributed by atoms with E-state index in [9.17, 15) is 41.9 Å². The van der Waals surface area contributed by atoms with Crippen LogP contribution < -0.4 is 16.0 Å². The summed E-state index contributed by atoms with van der Waals surface area (Å²) in [5, 5.41) is 7.61. The van der Waals surface area contributed by atoms with E-state index in [4.69, 9.17) is 16.3 Å². The molecule has 3 unspecified atom stereocenters. The second kappa shape index (κ2) is 37.0. The number of amides is 12. The van der Waals surface area contributed by atoms with Crippen LogP contribution in [0.5, 0.6) is 0 Å². The quantitative estimate of drug-likeness (QED) is 0.131. The number of nitrogens with zero attached hydrogens (tertiary/aromatic N) is 9. The van der Waals surface area contributed by atoms with E-state index in [1.165, 1.54) is 100 Å². The lowest BCUT2D eigenvalue weighted by molar-refractivity contribution is -0.182. The third-order valence-electron chi connectivity index (χ3n) is 24.0. The second-order valence-electron chi connectivity index (χ2n) is 32.8. The fraction of sp³-hybridized carbons (Fsp3) is 0.816. The van der Waals surface area contributed by atoms with Gasteiger partial charge in [-0.2, -0.15) is 13.2 Å². The maximum Gasteiger partial charge on any atom is 0.393 e. The average molecular weight is 1500 g/mol. The zero-order chi connectivity index (χ0) is 77.9. The van der Waals surface area contributed by atoms with Gasteiger partial charge in [0, 0.05) is 87.9 Å². The first-order valence-electron chi connectivity index (χ1n) is 38.6. The van der Waals surface area contributed by atoms with E-state index in [2.05, 4.69) is 22.9 Å². The Morgan fingerprint density at radius 3 is 1.91 bits per heavy atom. The van der Waals surface area contributed by atoms with Crippen molar-refractivity contribution in [1.29, 1.82) is 0 Å². The molecule has 7 aliphatic rings. The van der Waals surface area contributed by atoms with Gasteiger partial charge in [0.2, 0.25) is 70.9 Å². The summed E-state index contributed by atoms with van der Waals surface area (Å²) in [6.07, 6.45) is 5.23. The summed E-state index contributed by atoms with van der Waals surface area (Å²) in [6.45, 7) is 12.2. The molecule has 1 spiro atoms. The number of likely N-dealkylation sites (N-methyl/N-ethyl adjacent to an activating group) is 7. The number of fused-ring (bicyclic) bond motifs is 3. The molecule has 0 aromatic rings. The van der Waals surface area contributed by atoms with Crippen LogP contribution in [0.1, 0.15) is 196 Å². The molecule has 4 saturated carbocycles. The van der Waals surface area contributed by atoms with Crippen LogP contribution in [0.4, 0.5) is 13.2 Å². The maximum atomic E-state index is 15.8. The Morgan fingerprint density at radius 2 is 1.32 bits per heavy atom. The third-order valence-corrected chi connectivity index (χ3v) is 24.5. The lowest BCUT2D eigenvalue weighted by Gasteiger charge is -2.54. The lowest BCUT2D eigenvalue weighted by Crippen LogP contribution is -2.71. The molecule has 4 aliphatic carbocycles. The fourth-order valence-corrected chi connectivity index (χ4v) is 18.1. The van der Waals surface area contributed by atoms with Crippen molar-refractivity contribution in [1.82, 2.24) is 60.0 Å². The van der Waals surface area contributed by atoms with Gasteiger partial charge in [0.1, 0.15) is 53.9 Å². The van der Waals surface area contributed by atoms with Crippen molar-refractivity contribution in [3.63, 3.8) is 0 Å². The Hall–Kier alpha value is -6.58. The highest BCUT2D eigenvalue weighted by Gasteiger charge is 2.59. The number of halogens is 4. The van der Waals surface area contributed by atoms with E-state index < -0.39 is 191 Å². The number of carbonyl (C=O) groups is 12. The maximum absolute atomic E-state index is 15.8. The van der Waals surface area contributed by atoms with E-state index in [1.54, 1.807) is 19.9 Å². The first-order valence-corrected chi connectivity index (χ1v) is 39.0. The summed E-state index contributed by atoms with van der Waals surface area (Å²) in [6, 6.07) is -10.1. The third kappa shape index (κ3) is 21.0. The van der Waals surface area contributed by atoms with Crippen molar-refractivity contribution < 1.29 is 75.4 Å². The molecule has 12 amide bonds. The van der Waals surface area contributed by atoms with Gasteiger partial charge in [-0.15, -0.1) is 11.6 Å². The normalized spacial score (nSPS) is 32.1. The molecule has 3 aliphatic heterocycles. The molecule has 2 saturated heterocycles. The van der Waals surface area contributed by atoms with Gasteiger partial charge < -0.3 is 64.8 Å². The minimum atomic E-state index is -4.53. The molecular formula is C76H122ClF3N12O13. The van der Waals surface area contributed by atoms with Gasteiger partial charge in [-0.05, 0) is 125 Å². The van der Waals surface area contributed by atoms with E-state index in [0.717, 1.165) is 38.5 Å². The van der Waals surface area contributed by atoms with Crippen LogP contribution >= 0.6 is 11.6 Å². The van der Waals surface area contributed by atoms with Crippen molar-refractivity contribution in [3.05, 3.63) is 12.2 Å². The highest BCUT2D eigenvalue weighted by atomic mass is 35.5. The monoisotopic (exact) mass is 1500 g/mol. The Balaban J connectivity index is 1.32. The fourth-order valence-electron chi connectivity index (χ4n) is 17.6. The van der Waals surface area contributed by atoms with E-state index >= 15 is 28.8 Å². The molecule has 0 aromatic heterocycles. The van der Waals surface area contributed by atoms with E-state index in [-0.39, 0.29) is 96.2 Å². The zero-order valence-corrected chi connectivity index (χ0v) is 65.8. The molecule has 0 radical (unpaired) electrons. The zero-order valence-electron chi connectivity index (χ0n) is 65.0. The standard InChI is InChI=1S/C76H122ClF3N12O13/c1-16-24-55-65(96)82-63(47(5)17-2)71(102)86(11)43-62(95)88(13)56-27-20-19-23-36-91(70(56)101)59(38-49-30-28-46(4)29-31-49)69(100)85(10)42-60(93)81-54(35-33-48-32-34-52(53(77)37-48)76(78,79)80)67(98)92-41-51(105-18-3)39-57(92)66(97)83-75(44-74(6,7)45-75)73(104)90(15)64(50-25-21-22-26-50)72(103)89(14)58(68(99)84(8)9)40-61(94)87(55)12/h19-20,46-59,63-64H,16-18,21-45H2,1-15H3,(H,81,93)(H,82,96)(H,83,97)/b20-19-/t46?,47-,48?,49?,51-,52?,53?,54+,55+,56+,57+,58+,59+,63+,64+/m1/s1. The van der Waals surface area contributed by atoms with Gasteiger partial charge in [-0.3, -0.25) is 57.5 Å². The Morgan fingerprint density at radius 1 is 0.686 bits per heavy atom. The smallest absolute Gasteiger partial charge is 0.377 e. The minimum Gasteiger partial charge on any atom is -0.377 e. The molecule has 25 nitrogen and oxygen atoms in total. The molecule has 7 rings (SSSR count). The molecule has 3 heterocycles. The summed E-state index contributed by atoms with van der Waals surface area (Å²) >= 11 is 6.47. The van der Waals surface area contributed by atoms with Crippen LogP contribution in [-0.2, 0) is 62.3 Å². The molecule has 13 atom stereocenters. The van der Waals surface area contributed by atoms with Gasteiger partial charge >= 0.3 is 6.18 Å². The molecule has 2 bridgehead atoms. The number of rotatable bonds is 13. The number of nitrogens with one attached hydrogen (secondary N) is 3. The second-order valence-corrected chi connectivity index (χ2v) is 33.3. The number of alkyl halides is 4. The van der Waals surface area contributed by atoms with Crippen molar-refractivity contribution >= 4 is 82.5 Å². The van der Waals surface area contributed by atoms with Gasteiger partial charge in [0.05, 0.1) is 31.5 Å². The molecule has 592 valence electrons. The van der Waals surface area contributed by atoms with Crippen LogP contribution in [0, 0.1) is 40.9 Å². The van der Waals surface area contributed by atoms with Gasteiger partial charge in [-0.1, -0.05) is 105 Å². The van der Waals surface area contributed by atoms with Crippen molar-refractivity contribution in [3.8, 4) is 0 Å². The van der Waals surface area contributed by atoms with Crippen LogP contribution in [-0.4, -0.2) is 276 Å². The minimum absolute atomic E-state index is 0.00526. The van der Waals surface area contributed by atoms with Gasteiger partial charge in [-0.25, -0.2) is 0 Å². The number of hydrogen-bond acceptors (Lipinski definition) is 13. The van der Waals surface area contributed by atoms with Gasteiger partial charge in [0.15, 0.2) is 0 Å². The molecule has 105 heavy (non-hydrogen) atoms. The number of carbonyl (C=O) groups excluding carboxylic acids is 12. The largest absolute Gasteiger partial charge is 0.393 e. The highest BCUT2D eigenvalue weighted by molar-refractivity contribution is 6.21. The van der Waals surface area contributed by atoms with Crippen molar-refractivity contribution in [2.45, 2.75) is 268 Å². The lowest BCUT2D eigenvalue weighted by atomic mass is 9.58. The van der Waals surface area contributed by atoms with E-state index in [1.807, 2.05) is 33.8 Å². The SMILES string of the molecule is CCC[C@H]1C(=O)N[C@@H]([C@H](C)CC)C(=O)N(C)CC(=O)N(C)[C@H]2C/C=C\CCN(C2=O)[C@@H](CC2CCC(C)CC2)C(=O)N(C)CC(=O)N[C@@H](CCC2CCC(C(F)(F)F)C(Cl)C2)C(=O)N2C[C@H](OCC)C[C@H]2C(=O)NC2(CC(C)(C)C2)C(=O)N(C)[C@@H](C2CCCC2)C(=O)N(C)[C@H](C(=O)N(C)C)CC(=O)N1C. The summed E-state index contributed by atoms with van der Waals surface area (Å²) in [7, 11) is 11.6. The summed E-state index contributed by atoms with van der Waals surface area (Å²) in [5.74, 6) is -10.5. The first-order chi connectivity index (χ1) is 49.3. The van der Waals surface area contributed by atoms with Crippen LogP contribution in [0.15, 0.2) is 12.2 Å². The highest BCUT2D eigenvalue weighted by Crippen LogP contribution is 2.50. The van der Waals surface area contributed by atoms with Crippen molar-refractivity contribution in [2.24, 2.45) is 40.9 Å². The average Bonchev–Trinajstić information content (AvgIpc) is 1.39. The van der Waals surface area contributed by atoms with Crippen molar-refractivity contribution in [2.75, 3.05) is 89.2 Å². The summed E-state index contributed by atoms with van der Waals surface area (Å²) < 4.78 is 48.6. The molecular weight excluding hydrogens is 1380 g/mol. The molecule has 0 aromatic carbocycles. The predicted molar refractivity (Wildman–Crippen MR) is 390 cm³/mol. The van der Waals surface area contributed by atoms with Crippen LogP contribution in [0.2, 0.25) is 0 Å². The van der Waals surface area contributed by atoms with Crippen LogP contribution in [0.25, 0.3) is 0 Å². The summed E-state index contributed by atoms with van der Waals surface area (Å²) in [4.78, 5) is 193. The first kappa shape index (κ1) is 85.7. The molecule has 6 fully saturated rings. The molecule has 29 heteroatoms. The van der Waals surface area contributed by atoms with E-state index in [0.29, 0.717) is 38.0 Å². The Labute approximate surface area is 625 Å². The topological polar surface area (TPSA) is 279 Å². The predicted octanol–water partition coefficient (Wildman–Crippen LogP) is 6.52. The number of ether oxygens (including phenoxy) is 1.